The zero-order valence-corrected chi connectivity index (χ0v) is 13.8. The van der Waals surface area contributed by atoms with Crippen LogP contribution in [-0.2, 0) is 22.9 Å². The summed E-state index contributed by atoms with van der Waals surface area (Å²) in [6, 6.07) is -0.0411. The third kappa shape index (κ3) is 3.95. The van der Waals surface area contributed by atoms with E-state index in [2.05, 4.69) is 15.6 Å². The van der Waals surface area contributed by atoms with Crippen LogP contribution in [0.1, 0.15) is 50.7 Å². The van der Waals surface area contributed by atoms with Crippen molar-refractivity contribution in [3.05, 3.63) is 35.5 Å². The molecule has 132 valence electrons. The number of alkyl halides is 3. The Morgan fingerprint density at radius 1 is 1.38 bits per heavy atom. The predicted octanol–water partition coefficient (Wildman–Crippen LogP) is 3.06. The smallest absolute Gasteiger partial charge is 0.364 e. The standard InChI is InChI=1S/C15H19F3N4O2/c1-9(22-6-5-11(20-22)15(16,17)18)13(23)19-7-10-8-24-21-12(10)14(2,3)4/h5-6,8-9H,7H2,1-4H3,(H,19,23). The van der Waals surface area contributed by atoms with Gasteiger partial charge in [0.15, 0.2) is 5.69 Å². The van der Waals surface area contributed by atoms with E-state index in [-0.39, 0.29) is 12.0 Å². The molecule has 0 saturated carbocycles. The summed E-state index contributed by atoms with van der Waals surface area (Å²) in [6.45, 7) is 7.52. The third-order valence-corrected chi connectivity index (χ3v) is 3.48. The summed E-state index contributed by atoms with van der Waals surface area (Å²) in [5, 5.41) is 10.00. The number of hydrogen-bond donors (Lipinski definition) is 1. The van der Waals surface area contributed by atoms with Crippen molar-refractivity contribution in [2.45, 2.75) is 51.9 Å². The van der Waals surface area contributed by atoms with Gasteiger partial charge >= 0.3 is 6.18 Å². The van der Waals surface area contributed by atoms with Gasteiger partial charge in [-0.1, -0.05) is 25.9 Å². The fourth-order valence-electron chi connectivity index (χ4n) is 2.16. The number of rotatable bonds is 4. The molecule has 0 saturated heterocycles. The average Bonchev–Trinajstić information content (AvgIpc) is 3.11. The first-order chi connectivity index (χ1) is 11.0. The van der Waals surface area contributed by atoms with Gasteiger partial charge in [-0.25, -0.2) is 0 Å². The molecule has 0 aliphatic rings. The van der Waals surface area contributed by atoms with Crippen LogP contribution in [0, 0.1) is 0 Å². The SMILES string of the molecule is CC(C(=O)NCc1conc1C(C)(C)C)n1ccc(C(F)(F)F)n1. The monoisotopic (exact) mass is 344 g/mol. The summed E-state index contributed by atoms with van der Waals surface area (Å²) in [4.78, 5) is 12.2. The Bertz CT molecular complexity index is 713. The number of amides is 1. The van der Waals surface area contributed by atoms with Crippen LogP contribution in [0.15, 0.2) is 23.0 Å². The van der Waals surface area contributed by atoms with Crippen LogP contribution in [0.4, 0.5) is 13.2 Å². The predicted molar refractivity (Wildman–Crippen MR) is 79.0 cm³/mol. The number of aromatic nitrogens is 3. The van der Waals surface area contributed by atoms with Crippen LogP contribution in [0.2, 0.25) is 0 Å². The molecule has 1 atom stereocenters. The van der Waals surface area contributed by atoms with E-state index in [0.29, 0.717) is 5.69 Å². The normalized spacial score (nSPS) is 13.8. The number of carbonyl (C=O) groups is 1. The minimum absolute atomic E-state index is 0.173. The van der Waals surface area contributed by atoms with Gasteiger partial charge in [-0.2, -0.15) is 18.3 Å². The largest absolute Gasteiger partial charge is 0.435 e. The number of nitrogens with one attached hydrogen (secondary N) is 1. The van der Waals surface area contributed by atoms with E-state index < -0.39 is 23.8 Å². The van der Waals surface area contributed by atoms with Crippen molar-refractivity contribution in [2.75, 3.05) is 0 Å². The van der Waals surface area contributed by atoms with E-state index in [1.165, 1.54) is 13.2 Å². The van der Waals surface area contributed by atoms with Gasteiger partial charge in [0.1, 0.15) is 12.3 Å². The molecule has 2 aromatic rings. The van der Waals surface area contributed by atoms with Gasteiger partial charge in [0.2, 0.25) is 5.91 Å². The highest BCUT2D eigenvalue weighted by Crippen LogP contribution is 2.28. The quantitative estimate of drug-likeness (QED) is 0.925. The minimum atomic E-state index is -4.54. The number of carbonyl (C=O) groups excluding carboxylic acids is 1. The lowest BCUT2D eigenvalue weighted by Crippen LogP contribution is -2.31. The van der Waals surface area contributed by atoms with Gasteiger partial charge in [0.05, 0.1) is 5.69 Å². The molecule has 2 heterocycles. The summed E-state index contributed by atoms with van der Waals surface area (Å²) in [6.07, 6.45) is -1.96. The van der Waals surface area contributed by atoms with Gasteiger partial charge in [-0.05, 0) is 13.0 Å². The summed E-state index contributed by atoms with van der Waals surface area (Å²) in [5.74, 6) is -0.451. The van der Waals surface area contributed by atoms with E-state index in [1.54, 1.807) is 0 Å². The van der Waals surface area contributed by atoms with Crippen molar-refractivity contribution < 1.29 is 22.5 Å². The van der Waals surface area contributed by atoms with Crippen LogP contribution in [0.5, 0.6) is 0 Å². The number of halogens is 3. The molecule has 9 heteroatoms. The molecule has 1 N–H and O–H groups in total. The summed E-state index contributed by atoms with van der Waals surface area (Å²) in [7, 11) is 0. The van der Waals surface area contributed by atoms with Crippen LogP contribution < -0.4 is 5.32 Å². The Balaban J connectivity index is 2.03. The molecule has 1 amide bonds. The molecule has 0 aliphatic carbocycles. The van der Waals surface area contributed by atoms with E-state index in [4.69, 9.17) is 4.52 Å². The fourth-order valence-corrected chi connectivity index (χ4v) is 2.16. The lowest BCUT2D eigenvalue weighted by Gasteiger charge is -2.17. The van der Waals surface area contributed by atoms with Gasteiger partial charge in [0.25, 0.3) is 0 Å². The molecule has 0 fully saturated rings. The maximum Gasteiger partial charge on any atom is 0.435 e. The number of nitrogens with zero attached hydrogens (tertiary/aromatic N) is 3. The van der Waals surface area contributed by atoms with E-state index >= 15 is 0 Å². The van der Waals surface area contributed by atoms with Crippen molar-refractivity contribution in [1.29, 1.82) is 0 Å². The van der Waals surface area contributed by atoms with Crippen molar-refractivity contribution in [3.8, 4) is 0 Å². The van der Waals surface area contributed by atoms with Gasteiger partial charge in [0, 0.05) is 23.7 Å². The Labute approximate surface area is 137 Å². The molecular formula is C15H19F3N4O2. The molecule has 1 unspecified atom stereocenters. The van der Waals surface area contributed by atoms with Crippen LogP contribution in [-0.4, -0.2) is 20.8 Å². The first-order valence-corrected chi connectivity index (χ1v) is 7.34. The zero-order valence-electron chi connectivity index (χ0n) is 13.8. The van der Waals surface area contributed by atoms with Crippen molar-refractivity contribution in [2.24, 2.45) is 0 Å². The third-order valence-electron chi connectivity index (χ3n) is 3.48. The first kappa shape index (κ1) is 18.0. The first-order valence-electron chi connectivity index (χ1n) is 7.34. The molecule has 24 heavy (non-hydrogen) atoms. The second kappa shape index (κ2) is 6.29. The lowest BCUT2D eigenvalue weighted by atomic mass is 9.89. The Kier molecular flexibility index (Phi) is 4.73. The topological polar surface area (TPSA) is 73.0 Å². The highest BCUT2D eigenvalue weighted by atomic mass is 19.4. The van der Waals surface area contributed by atoms with Gasteiger partial charge < -0.3 is 9.84 Å². The van der Waals surface area contributed by atoms with Crippen LogP contribution in [0.3, 0.4) is 0 Å². The Hall–Kier alpha value is -2.32. The molecule has 0 spiro atoms. The molecule has 0 aliphatic heterocycles. The highest BCUT2D eigenvalue weighted by Gasteiger charge is 2.34. The van der Waals surface area contributed by atoms with Crippen molar-refractivity contribution in [1.82, 2.24) is 20.3 Å². The molecular weight excluding hydrogens is 325 g/mol. The zero-order chi connectivity index (χ0) is 18.1. The molecule has 0 aromatic carbocycles. The van der Waals surface area contributed by atoms with E-state index in [0.717, 1.165) is 22.5 Å². The van der Waals surface area contributed by atoms with Crippen molar-refractivity contribution in [3.63, 3.8) is 0 Å². The second-order valence-electron chi connectivity index (χ2n) is 6.51. The second-order valence-corrected chi connectivity index (χ2v) is 6.51. The molecule has 2 rings (SSSR count). The fraction of sp³-hybridized carbons (Fsp3) is 0.533. The molecule has 2 aromatic heterocycles. The van der Waals surface area contributed by atoms with E-state index in [9.17, 15) is 18.0 Å². The maximum atomic E-state index is 12.6. The Morgan fingerprint density at radius 2 is 2.04 bits per heavy atom. The van der Waals surface area contributed by atoms with Gasteiger partial charge in [-0.3, -0.25) is 9.48 Å². The Morgan fingerprint density at radius 3 is 2.58 bits per heavy atom. The maximum absolute atomic E-state index is 12.6. The average molecular weight is 344 g/mol. The summed E-state index contributed by atoms with van der Waals surface area (Å²) in [5.41, 5.74) is 0.159. The van der Waals surface area contributed by atoms with Crippen molar-refractivity contribution >= 4 is 5.91 Å². The molecule has 0 bridgehead atoms. The lowest BCUT2D eigenvalue weighted by molar-refractivity contribution is -0.142. The van der Waals surface area contributed by atoms with Crippen LogP contribution >= 0.6 is 0 Å². The van der Waals surface area contributed by atoms with E-state index in [1.807, 2.05) is 20.8 Å². The highest BCUT2D eigenvalue weighted by molar-refractivity contribution is 5.79. The van der Waals surface area contributed by atoms with Gasteiger partial charge in [-0.15, -0.1) is 0 Å². The molecule has 0 radical (unpaired) electrons. The van der Waals surface area contributed by atoms with Crippen LogP contribution in [0.25, 0.3) is 0 Å². The molecule has 6 nitrogen and oxygen atoms in total. The summed E-state index contributed by atoms with van der Waals surface area (Å²) < 4.78 is 43.6. The minimum Gasteiger partial charge on any atom is -0.364 e. The number of hydrogen-bond acceptors (Lipinski definition) is 4. The summed E-state index contributed by atoms with van der Waals surface area (Å²) >= 11 is 0.